The van der Waals surface area contributed by atoms with Gasteiger partial charge in [0.1, 0.15) is 11.5 Å². The van der Waals surface area contributed by atoms with Gasteiger partial charge in [0.15, 0.2) is 0 Å². The lowest BCUT2D eigenvalue weighted by Gasteiger charge is -2.27. The molecule has 0 fully saturated rings. The lowest BCUT2D eigenvalue weighted by Crippen LogP contribution is -2.39. The molecule has 1 aromatic carbocycles. The fourth-order valence-corrected chi connectivity index (χ4v) is 3.61. The Bertz CT molecular complexity index is 1020. The number of hydrazone groups is 1. The van der Waals surface area contributed by atoms with Gasteiger partial charge in [-0.3, -0.25) is 9.48 Å². The number of hydrogen-bond donors (Lipinski definition) is 1. The van der Waals surface area contributed by atoms with Crippen LogP contribution < -0.4 is 5.32 Å². The van der Waals surface area contributed by atoms with Crippen LogP contribution in [0.25, 0.3) is 0 Å². The summed E-state index contributed by atoms with van der Waals surface area (Å²) in [4.78, 5) is 27.0. The van der Waals surface area contributed by atoms with Crippen molar-refractivity contribution in [1.82, 2.24) is 19.7 Å². The van der Waals surface area contributed by atoms with Crippen LogP contribution in [0, 0.1) is 5.82 Å². The molecule has 2 aliphatic heterocycles. The maximum absolute atomic E-state index is 13.3. The van der Waals surface area contributed by atoms with Crippen LogP contribution in [0.2, 0.25) is 5.02 Å². The van der Waals surface area contributed by atoms with Gasteiger partial charge >= 0.3 is 6.03 Å². The molecule has 28 heavy (non-hydrogen) atoms. The highest BCUT2D eigenvalue weighted by molar-refractivity contribution is 6.31. The highest BCUT2D eigenvalue weighted by Crippen LogP contribution is 2.26. The normalized spacial score (nSPS) is 16.3. The first-order chi connectivity index (χ1) is 13.3. The van der Waals surface area contributed by atoms with E-state index in [1.165, 1.54) is 23.2 Å². The number of nitrogens with one attached hydrogen (secondary N) is 1. The van der Waals surface area contributed by atoms with Crippen LogP contribution in [0.15, 0.2) is 23.3 Å². The second-order valence-electron chi connectivity index (χ2n) is 6.83. The molecule has 3 heterocycles. The average molecular weight is 405 g/mol. The second-order valence-corrected chi connectivity index (χ2v) is 7.23. The van der Waals surface area contributed by atoms with Crippen molar-refractivity contribution in [2.75, 3.05) is 18.9 Å². The van der Waals surface area contributed by atoms with E-state index in [9.17, 15) is 14.0 Å². The maximum atomic E-state index is 13.3. The van der Waals surface area contributed by atoms with Crippen LogP contribution in [0.4, 0.5) is 14.9 Å². The van der Waals surface area contributed by atoms with E-state index in [0.29, 0.717) is 30.9 Å². The minimum absolute atomic E-state index is 0.0651. The summed E-state index contributed by atoms with van der Waals surface area (Å²) in [7, 11) is 1.60. The molecule has 0 aliphatic carbocycles. The van der Waals surface area contributed by atoms with Gasteiger partial charge in [-0.15, -0.1) is 0 Å². The summed E-state index contributed by atoms with van der Waals surface area (Å²) in [6.07, 6.45) is 0.542. The van der Waals surface area contributed by atoms with E-state index in [-0.39, 0.29) is 23.5 Å². The predicted molar refractivity (Wildman–Crippen MR) is 102 cm³/mol. The van der Waals surface area contributed by atoms with Gasteiger partial charge in [-0.1, -0.05) is 11.6 Å². The number of nitrogens with zero attached hydrogens (tertiary/aromatic N) is 5. The molecule has 0 spiro atoms. The molecule has 0 unspecified atom stereocenters. The van der Waals surface area contributed by atoms with Crippen LogP contribution in [0.3, 0.4) is 0 Å². The Kier molecular flexibility index (Phi) is 4.54. The molecule has 1 aromatic heterocycles. The van der Waals surface area contributed by atoms with E-state index in [1.807, 2.05) is 6.92 Å². The van der Waals surface area contributed by atoms with E-state index < -0.39 is 5.82 Å². The standard InChI is InChI=1S/C18H18ClFN6O2/c1-10-8-26-16(17(27)24(2)22-10)12-9-25(6-5-15(12)23-26)18(28)21-11-3-4-14(20)13(19)7-11/h3-4,7H,5-6,8-9H2,1-2H3,(H,21,28). The molecule has 0 atom stereocenters. The van der Waals surface area contributed by atoms with Crippen molar-refractivity contribution in [2.45, 2.75) is 26.4 Å². The van der Waals surface area contributed by atoms with Gasteiger partial charge in [-0.25, -0.2) is 14.2 Å². The Balaban J connectivity index is 1.57. The highest BCUT2D eigenvalue weighted by atomic mass is 35.5. The van der Waals surface area contributed by atoms with Gasteiger partial charge < -0.3 is 10.2 Å². The van der Waals surface area contributed by atoms with Crippen molar-refractivity contribution in [3.05, 3.63) is 46.0 Å². The van der Waals surface area contributed by atoms with E-state index in [0.717, 1.165) is 17.0 Å². The third-order valence-electron chi connectivity index (χ3n) is 4.76. The Morgan fingerprint density at radius 2 is 2.11 bits per heavy atom. The van der Waals surface area contributed by atoms with E-state index in [4.69, 9.17) is 11.6 Å². The summed E-state index contributed by atoms with van der Waals surface area (Å²) in [5.41, 5.74) is 3.19. The fourth-order valence-electron chi connectivity index (χ4n) is 3.43. The molecule has 8 nitrogen and oxygen atoms in total. The van der Waals surface area contributed by atoms with E-state index in [1.54, 1.807) is 16.6 Å². The van der Waals surface area contributed by atoms with Crippen molar-refractivity contribution in [2.24, 2.45) is 5.10 Å². The highest BCUT2D eigenvalue weighted by Gasteiger charge is 2.32. The Labute approximate surface area is 165 Å². The number of carbonyl (C=O) groups is 2. The quantitative estimate of drug-likeness (QED) is 0.793. The minimum Gasteiger partial charge on any atom is -0.320 e. The van der Waals surface area contributed by atoms with Crippen molar-refractivity contribution < 1.29 is 14.0 Å². The smallest absolute Gasteiger partial charge is 0.320 e. The predicted octanol–water partition coefficient (Wildman–Crippen LogP) is 2.73. The Morgan fingerprint density at radius 3 is 2.86 bits per heavy atom. The lowest BCUT2D eigenvalue weighted by molar-refractivity contribution is 0.0790. The maximum Gasteiger partial charge on any atom is 0.322 e. The SMILES string of the molecule is CC1=NN(C)C(=O)c2c3c(nn2C1)CCN(C(=O)Nc1ccc(F)c(Cl)c1)C3. The summed E-state index contributed by atoms with van der Waals surface area (Å²) in [6, 6.07) is 3.64. The fraction of sp³-hybridized carbons (Fsp3) is 0.333. The zero-order chi connectivity index (χ0) is 20.0. The second kappa shape index (κ2) is 6.90. The molecule has 3 amide bonds. The number of carbonyl (C=O) groups excluding carboxylic acids is 2. The van der Waals surface area contributed by atoms with Crippen LogP contribution >= 0.6 is 11.6 Å². The summed E-state index contributed by atoms with van der Waals surface area (Å²) < 4.78 is 15.0. The summed E-state index contributed by atoms with van der Waals surface area (Å²) in [5.74, 6) is -0.803. The van der Waals surface area contributed by atoms with Crippen LogP contribution in [0.5, 0.6) is 0 Å². The average Bonchev–Trinajstić information content (AvgIpc) is 2.95. The van der Waals surface area contributed by atoms with Gasteiger partial charge in [-0.05, 0) is 25.1 Å². The van der Waals surface area contributed by atoms with Gasteiger partial charge in [0.2, 0.25) is 0 Å². The number of urea groups is 1. The number of rotatable bonds is 1. The van der Waals surface area contributed by atoms with Crippen molar-refractivity contribution in [1.29, 1.82) is 0 Å². The van der Waals surface area contributed by atoms with Crippen LogP contribution in [-0.4, -0.2) is 50.9 Å². The molecule has 10 heteroatoms. The lowest BCUT2D eigenvalue weighted by atomic mass is 10.1. The number of aromatic nitrogens is 2. The topological polar surface area (TPSA) is 82.8 Å². The Hall–Kier alpha value is -2.94. The first-order valence-electron chi connectivity index (χ1n) is 8.75. The molecule has 0 saturated heterocycles. The first kappa shape index (κ1) is 18.4. The summed E-state index contributed by atoms with van der Waals surface area (Å²) >= 11 is 5.77. The van der Waals surface area contributed by atoms with Crippen LogP contribution in [-0.2, 0) is 19.5 Å². The molecule has 146 valence electrons. The third-order valence-corrected chi connectivity index (χ3v) is 5.04. The largest absolute Gasteiger partial charge is 0.322 e. The first-order valence-corrected chi connectivity index (χ1v) is 9.13. The molecule has 4 rings (SSSR count). The zero-order valence-electron chi connectivity index (χ0n) is 15.4. The van der Waals surface area contributed by atoms with Gasteiger partial charge in [0, 0.05) is 31.3 Å². The summed E-state index contributed by atoms with van der Waals surface area (Å²) in [5, 5.41) is 12.7. The molecular formula is C18H18ClFN6O2. The number of anilines is 1. The molecule has 1 N–H and O–H groups in total. The molecule has 2 aliphatic rings. The Morgan fingerprint density at radius 1 is 1.32 bits per heavy atom. The zero-order valence-corrected chi connectivity index (χ0v) is 16.1. The van der Waals surface area contributed by atoms with E-state index in [2.05, 4.69) is 15.5 Å². The van der Waals surface area contributed by atoms with Crippen molar-refractivity contribution in [3.63, 3.8) is 0 Å². The number of fused-ring (bicyclic) bond motifs is 3. The molecule has 0 bridgehead atoms. The molecular weight excluding hydrogens is 387 g/mol. The molecule has 2 aromatic rings. The molecule has 0 radical (unpaired) electrons. The van der Waals surface area contributed by atoms with Gasteiger partial charge in [-0.2, -0.15) is 10.2 Å². The van der Waals surface area contributed by atoms with Crippen molar-refractivity contribution >= 4 is 34.9 Å². The van der Waals surface area contributed by atoms with E-state index >= 15 is 0 Å². The van der Waals surface area contributed by atoms with Crippen LogP contribution in [0.1, 0.15) is 28.7 Å². The third kappa shape index (κ3) is 3.22. The number of amides is 3. The number of benzene rings is 1. The number of halogens is 2. The monoisotopic (exact) mass is 404 g/mol. The summed E-state index contributed by atoms with van der Waals surface area (Å²) in [6.45, 7) is 2.98. The van der Waals surface area contributed by atoms with Crippen molar-refractivity contribution in [3.8, 4) is 0 Å². The molecule has 0 saturated carbocycles. The van der Waals surface area contributed by atoms with Gasteiger partial charge in [0.25, 0.3) is 5.91 Å². The number of hydrogen-bond acceptors (Lipinski definition) is 4. The van der Waals surface area contributed by atoms with Gasteiger partial charge in [0.05, 0.1) is 29.5 Å². The minimum atomic E-state index is -0.551.